The van der Waals surface area contributed by atoms with Crippen molar-refractivity contribution in [3.8, 4) is 0 Å². The monoisotopic (exact) mass is 450 g/mol. The van der Waals surface area contributed by atoms with Gasteiger partial charge in [0, 0.05) is 23.8 Å². The van der Waals surface area contributed by atoms with Crippen molar-refractivity contribution in [1.82, 2.24) is 0 Å². The highest BCUT2D eigenvalue weighted by molar-refractivity contribution is 6.74. The number of hydrogen-bond acceptors (Lipinski definition) is 5. The smallest absolute Gasteiger partial charge is 0.331 e. The third-order valence-electron chi connectivity index (χ3n) is 7.72. The van der Waals surface area contributed by atoms with E-state index < -0.39 is 13.9 Å². The average Bonchev–Trinajstić information content (AvgIpc) is 3.00. The van der Waals surface area contributed by atoms with Crippen LogP contribution in [0.3, 0.4) is 0 Å². The fraction of sp³-hybridized carbons (Fsp3) is 0.800. The van der Waals surface area contributed by atoms with Gasteiger partial charge in [-0.15, -0.1) is 0 Å². The quantitative estimate of drug-likeness (QED) is 0.309. The fourth-order valence-corrected chi connectivity index (χ4v) is 5.42. The number of ether oxygens (including phenoxy) is 3. The molecule has 3 rings (SSSR count). The molecule has 0 bridgehead atoms. The van der Waals surface area contributed by atoms with Gasteiger partial charge < -0.3 is 18.6 Å². The number of hydrogen-bond donors (Lipinski definition) is 0. The van der Waals surface area contributed by atoms with Gasteiger partial charge in [0.1, 0.15) is 0 Å². The van der Waals surface area contributed by atoms with Gasteiger partial charge in [0.2, 0.25) is 0 Å². The molecule has 2 aliphatic heterocycles. The maximum absolute atomic E-state index is 12.3. The summed E-state index contributed by atoms with van der Waals surface area (Å²) in [6.45, 7) is 21.9. The first-order chi connectivity index (χ1) is 14.1. The Morgan fingerprint density at radius 3 is 2.26 bits per heavy atom. The molecule has 1 spiro atoms. The van der Waals surface area contributed by atoms with Crippen molar-refractivity contribution in [3.05, 3.63) is 23.8 Å². The van der Waals surface area contributed by atoms with Crippen molar-refractivity contribution in [2.45, 2.75) is 91.3 Å². The molecule has 5 nitrogen and oxygen atoms in total. The fourth-order valence-electron chi connectivity index (χ4n) is 4.47. The lowest BCUT2D eigenvalue weighted by atomic mass is 9.60. The molecule has 6 heteroatoms. The number of rotatable bonds is 5. The topological polar surface area (TPSA) is 54.0 Å². The summed E-state index contributed by atoms with van der Waals surface area (Å²) in [7, 11) is -1.94. The summed E-state index contributed by atoms with van der Waals surface area (Å²) in [5.41, 5.74) is 0.216. The maximum Gasteiger partial charge on any atom is 0.331 e. The summed E-state index contributed by atoms with van der Waals surface area (Å²) >= 11 is 0. The van der Waals surface area contributed by atoms with Crippen LogP contribution >= 0.6 is 0 Å². The zero-order valence-electron chi connectivity index (χ0n) is 21.0. The first-order valence-corrected chi connectivity index (χ1v) is 14.5. The van der Waals surface area contributed by atoms with Crippen molar-refractivity contribution < 1.29 is 23.4 Å². The van der Waals surface area contributed by atoms with E-state index in [0.29, 0.717) is 26.2 Å². The van der Waals surface area contributed by atoms with Gasteiger partial charge >= 0.3 is 5.97 Å². The summed E-state index contributed by atoms with van der Waals surface area (Å²) in [5.74, 6) is -0.246. The van der Waals surface area contributed by atoms with Crippen LogP contribution in [0.15, 0.2) is 23.8 Å². The van der Waals surface area contributed by atoms with Crippen LogP contribution in [-0.4, -0.2) is 46.0 Å². The van der Waals surface area contributed by atoms with Crippen LogP contribution in [0.25, 0.3) is 0 Å². The molecule has 2 heterocycles. The molecule has 0 radical (unpaired) electrons. The largest absolute Gasteiger partial charge is 0.447 e. The molecule has 1 fully saturated rings. The summed E-state index contributed by atoms with van der Waals surface area (Å²) < 4.78 is 24.8. The van der Waals surface area contributed by atoms with Gasteiger partial charge in [-0.2, -0.15) is 0 Å². The van der Waals surface area contributed by atoms with E-state index in [4.69, 9.17) is 18.6 Å². The normalized spacial score (nSPS) is 31.1. The van der Waals surface area contributed by atoms with Crippen LogP contribution in [0, 0.1) is 16.7 Å². The predicted octanol–water partition coefficient (Wildman–Crippen LogP) is 5.62. The number of carbonyl (C=O) groups excluding carboxylic acids is 1. The molecule has 0 unspecified atom stereocenters. The van der Waals surface area contributed by atoms with Gasteiger partial charge in [-0.25, -0.2) is 4.79 Å². The Morgan fingerprint density at radius 2 is 1.74 bits per heavy atom. The Morgan fingerprint density at radius 1 is 1.13 bits per heavy atom. The van der Waals surface area contributed by atoms with Gasteiger partial charge in [0.25, 0.3) is 0 Å². The number of carbonyl (C=O) groups is 1. The van der Waals surface area contributed by atoms with E-state index in [9.17, 15) is 4.79 Å². The molecule has 1 saturated heterocycles. The maximum atomic E-state index is 12.3. The van der Waals surface area contributed by atoms with E-state index in [1.807, 2.05) is 6.08 Å². The highest BCUT2D eigenvalue weighted by atomic mass is 28.4. The van der Waals surface area contributed by atoms with Gasteiger partial charge in [0.05, 0.1) is 19.8 Å². The highest BCUT2D eigenvalue weighted by Crippen LogP contribution is 2.53. The standard InChI is InChI=1S/C25H42O5Si/c1-22(2,3)31(8,9)29-15-18-10-12-24(6,7)19(25(18)13-11-20(26)30-25)14-21-27-16-23(4,5)17-28-21/h10-11,13,19,21H,12,14-17H2,1-9H3/t19-,25-/m1/s1. The average molecular weight is 451 g/mol. The Labute approximate surface area is 189 Å². The van der Waals surface area contributed by atoms with Crippen molar-refractivity contribution in [2.24, 2.45) is 16.7 Å². The summed E-state index contributed by atoms with van der Waals surface area (Å²) in [4.78, 5) is 12.3. The second-order valence-corrected chi connectivity index (χ2v) is 17.3. The predicted molar refractivity (Wildman–Crippen MR) is 125 cm³/mol. The SMILES string of the molecule is CC1(C)COC(C[C@@H]2C(C)(C)CC=C(CO[Si](C)(C)C(C)(C)C)[C@]23C=CC(=O)O3)OC1. The van der Waals surface area contributed by atoms with Crippen LogP contribution in [0.4, 0.5) is 0 Å². The van der Waals surface area contributed by atoms with Gasteiger partial charge in [-0.1, -0.05) is 54.5 Å². The summed E-state index contributed by atoms with van der Waals surface area (Å²) in [6, 6.07) is 0. The van der Waals surface area contributed by atoms with E-state index in [-0.39, 0.29) is 34.0 Å². The molecule has 1 aliphatic carbocycles. The molecule has 2 atom stereocenters. The van der Waals surface area contributed by atoms with Crippen LogP contribution in [0.2, 0.25) is 18.1 Å². The molecule has 0 aromatic carbocycles. The molecule has 0 aromatic heterocycles. The van der Waals surface area contributed by atoms with E-state index in [0.717, 1.165) is 12.0 Å². The lowest BCUT2D eigenvalue weighted by Crippen LogP contribution is -2.53. The highest BCUT2D eigenvalue weighted by Gasteiger charge is 2.55. The first kappa shape index (κ1) is 24.7. The molecule has 0 amide bonds. The molecule has 0 N–H and O–H groups in total. The Hall–Kier alpha value is -0.953. The van der Waals surface area contributed by atoms with E-state index in [1.54, 1.807) is 6.08 Å². The third-order valence-corrected chi connectivity index (χ3v) is 12.2. The minimum absolute atomic E-state index is 0.0259. The lowest BCUT2D eigenvalue weighted by Gasteiger charge is -2.50. The van der Waals surface area contributed by atoms with Crippen LogP contribution in [0.5, 0.6) is 0 Å². The van der Waals surface area contributed by atoms with Crippen molar-refractivity contribution in [3.63, 3.8) is 0 Å². The van der Waals surface area contributed by atoms with E-state index in [1.165, 1.54) is 0 Å². The van der Waals surface area contributed by atoms with Gasteiger partial charge in [-0.3, -0.25) is 0 Å². The third kappa shape index (κ3) is 5.02. The van der Waals surface area contributed by atoms with E-state index in [2.05, 4.69) is 67.6 Å². The minimum Gasteiger partial charge on any atom is -0.447 e. The minimum atomic E-state index is -1.94. The second-order valence-electron chi connectivity index (χ2n) is 12.5. The first-order valence-electron chi connectivity index (χ1n) is 11.6. The van der Waals surface area contributed by atoms with Gasteiger partial charge in [0.15, 0.2) is 20.2 Å². The van der Waals surface area contributed by atoms with Crippen molar-refractivity contribution >= 4 is 14.3 Å². The Bertz CT molecular complexity index is 748. The number of allylic oxidation sites excluding steroid dienone is 1. The molecular formula is C25H42O5Si. The summed E-state index contributed by atoms with van der Waals surface area (Å²) in [5, 5.41) is 0.118. The molecular weight excluding hydrogens is 408 g/mol. The van der Waals surface area contributed by atoms with Crippen molar-refractivity contribution in [2.75, 3.05) is 19.8 Å². The molecule has 0 saturated carbocycles. The van der Waals surface area contributed by atoms with E-state index >= 15 is 0 Å². The lowest BCUT2D eigenvalue weighted by molar-refractivity contribution is -0.237. The van der Waals surface area contributed by atoms with Crippen LogP contribution < -0.4 is 0 Å². The van der Waals surface area contributed by atoms with Gasteiger partial charge in [-0.05, 0) is 41.6 Å². The molecule has 176 valence electrons. The Kier molecular flexibility index (Phi) is 6.47. The van der Waals surface area contributed by atoms with Crippen LogP contribution in [0.1, 0.15) is 61.3 Å². The second kappa shape index (κ2) is 8.12. The zero-order valence-corrected chi connectivity index (χ0v) is 22.0. The number of esters is 1. The zero-order chi connectivity index (χ0) is 23.3. The summed E-state index contributed by atoms with van der Waals surface area (Å²) in [6.07, 6.45) is 7.05. The van der Waals surface area contributed by atoms with Crippen molar-refractivity contribution in [1.29, 1.82) is 0 Å². The van der Waals surface area contributed by atoms with Crippen LogP contribution in [-0.2, 0) is 23.4 Å². The molecule has 31 heavy (non-hydrogen) atoms. The molecule has 3 aliphatic rings. The molecule has 0 aromatic rings. The Balaban J connectivity index is 1.87.